The van der Waals surface area contributed by atoms with Crippen LogP contribution >= 0.6 is 0 Å². The van der Waals surface area contributed by atoms with E-state index in [1.165, 1.54) is 6.33 Å². The van der Waals surface area contributed by atoms with Gasteiger partial charge in [0.2, 0.25) is 5.91 Å². The Labute approximate surface area is 123 Å². The van der Waals surface area contributed by atoms with Gasteiger partial charge in [0, 0.05) is 18.7 Å². The Balaban J connectivity index is 1.67. The average Bonchev–Trinajstić information content (AvgIpc) is 2.53. The molecule has 1 aliphatic heterocycles. The van der Waals surface area contributed by atoms with Gasteiger partial charge < -0.3 is 10.0 Å². The maximum Gasteiger partial charge on any atom is 0.306 e. The molecule has 1 fully saturated rings. The summed E-state index contributed by atoms with van der Waals surface area (Å²) < 4.78 is 0. The molecule has 0 saturated heterocycles. The second-order valence-electron chi connectivity index (χ2n) is 5.90. The molecular weight excluding hydrogens is 270 g/mol. The smallest absolute Gasteiger partial charge is 0.306 e. The second kappa shape index (κ2) is 5.79. The molecule has 0 spiro atoms. The zero-order chi connectivity index (χ0) is 14.8. The van der Waals surface area contributed by atoms with E-state index in [2.05, 4.69) is 9.97 Å². The highest BCUT2D eigenvalue weighted by atomic mass is 16.4. The van der Waals surface area contributed by atoms with E-state index in [0.29, 0.717) is 25.9 Å². The van der Waals surface area contributed by atoms with E-state index in [1.807, 2.05) is 11.1 Å². The third-order valence-corrected chi connectivity index (χ3v) is 4.56. The van der Waals surface area contributed by atoms with Crippen LogP contribution in [-0.4, -0.2) is 38.4 Å². The van der Waals surface area contributed by atoms with Crippen LogP contribution in [0.15, 0.2) is 12.5 Å². The minimum Gasteiger partial charge on any atom is -0.481 e. The number of carbonyl (C=O) groups is 2. The van der Waals surface area contributed by atoms with E-state index in [-0.39, 0.29) is 17.7 Å². The normalized spacial score (nSPS) is 25.2. The Kier molecular flexibility index (Phi) is 3.86. The van der Waals surface area contributed by atoms with Crippen LogP contribution in [0, 0.1) is 11.8 Å². The molecule has 1 aromatic heterocycles. The highest BCUT2D eigenvalue weighted by Gasteiger charge is 2.34. The zero-order valence-electron chi connectivity index (χ0n) is 11.9. The molecule has 1 aliphatic carbocycles. The standard InChI is InChI=1S/C15H19N3O3/c19-14(10-2-1-3-11(6-10)15(20)21)18-5-4-12-7-16-9-17-13(12)8-18/h7,9-11H,1-6,8H2,(H,20,21). The first-order chi connectivity index (χ1) is 10.1. The van der Waals surface area contributed by atoms with Gasteiger partial charge in [-0.25, -0.2) is 9.97 Å². The van der Waals surface area contributed by atoms with Gasteiger partial charge in [0.1, 0.15) is 6.33 Å². The van der Waals surface area contributed by atoms with E-state index < -0.39 is 5.97 Å². The molecule has 3 rings (SSSR count). The summed E-state index contributed by atoms with van der Waals surface area (Å²) in [7, 11) is 0. The molecule has 6 nitrogen and oxygen atoms in total. The van der Waals surface area contributed by atoms with Crippen molar-refractivity contribution in [1.82, 2.24) is 14.9 Å². The van der Waals surface area contributed by atoms with Crippen molar-refractivity contribution in [3.05, 3.63) is 23.8 Å². The average molecular weight is 289 g/mol. The van der Waals surface area contributed by atoms with Crippen LogP contribution in [0.2, 0.25) is 0 Å². The number of rotatable bonds is 2. The highest BCUT2D eigenvalue weighted by Crippen LogP contribution is 2.31. The third-order valence-electron chi connectivity index (χ3n) is 4.56. The number of fused-ring (bicyclic) bond motifs is 1. The molecule has 2 heterocycles. The lowest BCUT2D eigenvalue weighted by molar-refractivity contribution is -0.145. The van der Waals surface area contributed by atoms with Crippen LogP contribution in [0.1, 0.15) is 36.9 Å². The minimum atomic E-state index is -0.774. The van der Waals surface area contributed by atoms with Gasteiger partial charge >= 0.3 is 5.97 Å². The third kappa shape index (κ3) is 2.89. The summed E-state index contributed by atoms with van der Waals surface area (Å²) in [4.78, 5) is 33.8. The molecule has 1 saturated carbocycles. The molecule has 2 unspecified atom stereocenters. The summed E-state index contributed by atoms with van der Waals surface area (Å²) in [5, 5.41) is 9.14. The Bertz CT molecular complexity index is 561. The number of hydrogen-bond acceptors (Lipinski definition) is 4. The molecule has 0 radical (unpaired) electrons. The second-order valence-corrected chi connectivity index (χ2v) is 5.90. The van der Waals surface area contributed by atoms with E-state index in [1.54, 1.807) is 0 Å². The molecular formula is C15H19N3O3. The summed E-state index contributed by atoms with van der Waals surface area (Å²) in [6, 6.07) is 0. The van der Waals surface area contributed by atoms with Gasteiger partial charge in [0.15, 0.2) is 0 Å². The monoisotopic (exact) mass is 289 g/mol. The number of nitrogens with zero attached hydrogens (tertiary/aromatic N) is 3. The number of carbonyl (C=O) groups excluding carboxylic acids is 1. The first kappa shape index (κ1) is 14.0. The van der Waals surface area contributed by atoms with Gasteiger partial charge in [-0.15, -0.1) is 0 Å². The molecule has 1 aromatic rings. The molecule has 0 aromatic carbocycles. The van der Waals surface area contributed by atoms with Crippen LogP contribution in [0.25, 0.3) is 0 Å². The Hall–Kier alpha value is -1.98. The van der Waals surface area contributed by atoms with E-state index in [9.17, 15) is 9.59 Å². The van der Waals surface area contributed by atoms with Crippen LogP contribution < -0.4 is 0 Å². The predicted octanol–water partition coefficient (Wildman–Crippen LogP) is 1.25. The maximum atomic E-state index is 12.6. The quantitative estimate of drug-likeness (QED) is 0.886. The maximum absolute atomic E-state index is 12.6. The minimum absolute atomic E-state index is 0.0882. The lowest BCUT2D eigenvalue weighted by Crippen LogP contribution is -2.42. The van der Waals surface area contributed by atoms with Crippen molar-refractivity contribution in [3.8, 4) is 0 Å². The van der Waals surface area contributed by atoms with Gasteiger partial charge in [0.05, 0.1) is 18.2 Å². The lowest BCUT2D eigenvalue weighted by Gasteiger charge is -2.33. The molecule has 1 N–H and O–H groups in total. The number of hydrogen-bond donors (Lipinski definition) is 1. The van der Waals surface area contributed by atoms with Crippen molar-refractivity contribution in [2.24, 2.45) is 11.8 Å². The molecule has 2 atom stereocenters. The van der Waals surface area contributed by atoms with Gasteiger partial charge in [-0.05, 0) is 31.2 Å². The van der Waals surface area contributed by atoms with Crippen LogP contribution in [0.5, 0.6) is 0 Å². The highest BCUT2D eigenvalue weighted by molar-refractivity contribution is 5.80. The van der Waals surface area contributed by atoms with Gasteiger partial charge in [-0.2, -0.15) is 0 Å². The largest absolute Gasteiger partial charge is 0.481 e. The Morgan fingerprint density at radius 2 is 2.10 bits per heavy atom. The van der Waals surface area contributed by atoms with Crippen molar-refractivity contribution in [3.63, 3.8) is 0 Å². The van der Waals surface area contributed by atoms with Gasteiger partial charge in [-0.3, -0.25) is 9.59 Å². The molecule has 2 aliphatic rings. The number of aliphatic carboxylic acids is 1. The first-order valence-electron chi connectivity index (χ1n) is 7.44. The summed E-state index contributed by atoms with van der Waals surface area (Å²) in [6.07, 6.45) is 6.88. The number of aromatic nitrogens is 2. The molecule has 6 heteroatoms. The summed E-state index contributed by atoms with van der Waals surface area (Å²) in [6.45, 7) is 1.19. The Morgan fingerprint density at radius 1 is 1.29 bits per heavy atom. The molecule has 21 heavy (non-hydrogen) atoms. The van der Waals surface area contributed by atoms with Crippen molar-refractivity contribution >= 4 is 11.9 Å². The fourth-order valence-electron chi connectivity index (χ4n) is 3.33. The SMILES string of the molecule is O=C(O)C1CCCC(C(=O)N2CCc3cncnc3C2)C1. The van der Waals surface area contributed by atoms with Crippen molar-refractivity contribution in [2.75, 3.05) is 6.54 Å². The van der Waals surface area contributed by atoms with Gasteiger partial charge in [0.25, 0.3) is 0 Å². The van der Waals surface area contributed by atoms with Crippen LogP contribution in [-0.2, 0) is 22.6 Å². The summed E-state index contributed by atoms with van der Waals surface area (Å²) in [5.41, 5.74) is 2.02. The number of carboxylic acids is 1. The molecule has 112 valence electrons. The fourth-order valence-corrected chi connectivity index (χ4v) is 3.33. The predicted molar refractivity (Wildman–Crippen MR) is 74.2 cm³/mol. The number of carboxylic acid groups (broad SMARTS) is 1. The summed E-state index contributed by atoms with van der Waals surface area (Å²) >= 11 is 0. The van der Waals surface area contributed by atoms with Crippen molar-refractivity contribution < 1.29 is 14.7 Å². The van der Waals surface area contributed by atoms with E-state index in [4.69, 9.17) is 5.11 Å². The van der Waals surface area contributed by atoms with Crippen molar-refractivity contribution in [1.29, 1.82) is 0 Å². The fraction of sp³-hybridized carbons (Fsp3) is 0.600. The van der Waals surface area contributed by atoms with E-state index in [0.717, 1.165) is 30.5 Å². The lowest BCUT2D eigenvalue weighted by atomic mass is 9.80. The zero-order valence-corrected chi connectivity index (χ0v) is 11.9. The molecule has 1 amide bonds. The van der Waals surface area contributed by atoms with Crippen LogP contribution in [0.3, 0.4) is 0 Å². The Morgan fingerprint density at radius 3 is 2.90 bits per heavy atom. The topological polar surface area (TPSA) is 83.4 Å². The molecule has 0 bridgehead atoms. The van der Waals surface area contributed by atoms with Crippen LogP contribution in [0.4, 0.5) is 0 Å². The van der Waals surface area contributed by atoms with Crippen molar-refractivity contribution in [2.45, 2.75) is 38.6 Å². The number of amides is 1. The first-order valence-corrected chi connectivity index (χ1v) is 7.44. The van der Waals surface area contributed by atoms with E-state index >= 15 is 0 Å². The van der Waals surface area contributed by atoms with Gasteiger partial charge in [-0.1, -0.05) is 6.42 Å². The summed E-state index contributed by atoms with van der Waals surface area (Å²) in [5.74, 6) is -1.20.